The maximum Gasteiger partial charge on any atom is 0.498 e. The molecule has 1 amide bonds. The highest BCUT2D eigenvalue weighted by Crippen LogP contribution is 2.36. The van der Waals surface area contributed by atoms with Crippen molar-refractivity contribution >= 4 is 24.5 Å². The number of ether oxygens (including phenoxy) is 1. The lowest BCUT2D eigenvalue weighted by Gasteiger charge is -2.32. The fourth-order valence-electron chi connectivity index (χ4n) is 3.96. The van der Waals surface area contributed by atoms with Gasteiger partial charge in [-0.15, -0.1) is 0 Å². The Morgan fingerprint density at radius 2 is 1.79 bits per heavy atom. The predicted molar refractivity (Wildman–Crippen MR) is 125 cm³/mol. The molecule has 0 aromatic carbocycles. The lowest BCUT2D eigenvalue weighted by molar-refractivity contribution is 0.00578. The van der Waals surface area contributed by atoms with Gasteiger partial charge in [0.05, 0.1) is 16.8 Å². The minimum Gasteiger partial charge on any atom is -0.444 e. The van der Waals surface area contributed by atoms with Gasteiger partial charge < -0.3 is 24.7 Å². The van der Waals surface area contributed by atoms with E-state index < -0.39 is 30.2 Å². The van der Waals surface area contributed by atoms with Crippen LogP contribution in [0.15, 0.2) is 17.5 Å². The molecule has 0 bridgehead atoms. The Labute approximate surface area is 196 Å². The van der Waals surface area contributed by atoms with E-state index in [1.165, 1.54) is 0 Å². The SMILES string of the molecule is CC(N)=C(COC(=O)N(C)C1CCCC1)C(=O)c1ncc(B2OC(C)(C)C(C)(C)O2)c(C)n1. The molecule has 10 heteroatoms. The van der Waals surface area contributed by atoms with Gasteiger partial charge in [0.15, 0.2) is 0 Å². The maximum atomic E-state index is 13.1. The molecule has 1 aromatic rings. The molecule has 2 N–H and O–H groups in total. The van der Waals surface area contributed by atoms with Crippen LogP contribution in [0.5, 0.6) is 0 Å². The monoisotopic (exact) mass is 458 g/mol. The number of amides is 1. The van der Waals surface area contributed by atoms with E-state index in [0.29, 0.717) is 11.2 Å². The van der Waals surface area contributed by atoms with Gasteiger partial charge in [0.25, 0.3) is 0 Å². The molecule has 0 atom stereocenters. The maximum absolute atomic E-state index is 13.1. The number of carbonyl (C=O) groups excluding carboxylic acids is 2. The first-order valence-corrected chi connectivity index (χ1v) is 11.4. The number of rotatable bonds is 6. The molecule has 0 unspecified atom stereocenters. The van der Waals surface area contributed by atoms with Gasteiger partial charge in [-0.05, 0) is 54.4 Å². The Balaban J connectivity index is 1.71. The van der Waals surface area contributed by atoms with Crippen LogP contribution in [0.3, 0.4) is 0 Å². The fraction of sp³-hybridized carbons (Fsp3) is 0.652. The van der Waals surface area contributed by atoms with Crippen LogP contribution in [0.25, 0.3) is 0 Å². The number of aryl methyl sites for hydroxylation is 1. The first-order valence-electron chi connectivity index (χ1n) is 11.4. The zero-order valence-corrected chi connectivity index (χ0v) is 20.7. The number of ketones is 1. The van der Waals surface area contributed by atoms with Crippen molar-refractivity contribution in [2.45, 2.75) is 84.5 Å². The van der Waals surface area contributed by atoms with Gasteiger partial charge in [0, 0.05) is 36.1 Å². The molecule has 9 nitrogen and oxygen atoms in total. The van der Waals surface area contributed by atoms with Gasteiger partial charge in [-0.2, -0.15) is 0 Å². The minimum absolute atomic E-state index is 0.0206. The topological polar surface area (TPSA) is 117 Å². The van der Waals surface area contributed by atoms with E-state index in [1.807, 2.05) is 27.7 Å². The summed E-state index contributed by atoms with van der Waals surface area (Å²) < 4.78 is 17.5. The zero-order valence-electron chi connectivity index (χ0n) is 20.7. The van der Waals surface area contributed by atoms with Crippen LogP contribution < -0.4 is 11.2 Å². The Morgan fingerprint density at radius 3 is 2.30 bits per heavy atom. The quantitative estimate of drug-likeness (QED) is 0.393. The van der Waals surface area contributed by atoms with Crippen LogP contribution in [0, 0.1) is 6.92 Å². The molecular formula is C23H35BN4O5. The molecule has 3 rings (SSSR count). The third-order valence-electron chi connectivity index (χ3n) is 6.98. The van der Waals surface area contributed by atoms with Gasteiger partial charge in [0.1, 0.15) is 6.61 Å². The summed E-state index contributed by atoms with van der Waals surface area (Å²) in [4.78, 5) is 35.7. The average molecular weight is 458 g/mol. The molecule has 2 fully saturated rings. The van der Waals surface area contributed by atoms with Crippen LogP contribution in [-0.4, -0.2) is 64.8 Å². The highest BCUT2D eigenvalue weighted by molar-refractivity contribution is 6.62. The Hall–Kier alpha value is -2.46. The molecule has 1 saturated carbocycles. The number of aromatic nitrogens is 2. The van der Waals surface area contributed by atoms with Crippen molar-refractivity contribution in [2.75, 3.05) is 13.7 Å². The van der Waals surface area contributed by atoms with Crippen molar-refractivity contribution in [2.24, 2.45) is 5.73 Å². The van der Waals surface area contributed by atoms with Gasteiger partial charge >= 0.3 is 13.2 Å². The summed E-state index contributed by atoms with van der Waals surface area (Å²) in [5.41, 5.74) is 6.59. The number of carbonyl (C=O) groups is 2. The van der Waals surface area contributed by atoms with E-state index in [9.17, 15) is 9.59 Å². The largest absolute Gasteiger partial charge is 0.498 e. The number of hydrogen-bond acceptors (Lipinski definition) is 8. The van der Waals surface area contributed by atoms with E-state index in [2.05, 4.69) is 9.97 Å². The lowest BCUT2D eigenvalue weighted by atomic mass is 9.79. The zero-order chi connectivity index (χ0) is 24.6. The third kappa shape index (κ3) is 5.22. The molecule has 1 aromatic heterocycles. The first kappa shape index (κ1) is 25.2. The van der Waals surface area contributed by atoms with Crippen LogP contribution >= 0.6 is 0 Å². The van der Waals surface area contributed by atoms with Gasteiger partial charge in [0.2, 0.25) is 11.6 Å². The molecule has 1 aliphatic heterocycles. The second kappa shape index (κ2) is 9.42. The summed E-state index contributed by atoms with van der Waals surface area (Å²) in [5, 5.41) is 0. The van der Waals surface area contributed by atoms with Gasteiger partial charge in [-0.1, -0.05) is 12.8 Å². The first-order chi connectivity index (χ1) is 15.3. The van der Waals surface area contributed by atoms with Crippen LogP contribution in [0.4, 0.5) is 4.79 Å². The van der Waals surface area contributed by atoms with Crippen molar-refractivity contribution in [3.8, 4) is 0 Å². The Kier molecular flexibility index (Phi) is 7.19. The second-order valence-corrected chi connectivity index (χ2v) is 9.92. The molecule has 2 heterocycles. The van der Waals surface area contributed by atoms with Crippen molar-refractivity contribution < 1.29 is 23.6 Å². The molecule has 0 radical (unpaired) electrons. The van der Waals surface area contributed by atoms with Gasteiger partial charge in [-0.3, -0.25) is 4.79 Å². The van der Waals surface area contributed by atoms with E-state index in [-0.39, 0.29) is 29.7 Å². The number of nitrogens with zero attached hydrogens (tertiary/aromatic N) is 3. The molecule has 0 spiro atoms. The highest BCUT2D eigenvalue weighted by atomic mass is 16.7. The summed E-state index contributed by atoms with van der Waals surface area (Å²) in [6.45, 7) is 11.0. The number of hydrogen-bond donors (Lipinski definition) is 1. The number of allylic oxidation sites excluding steroid dienone is 1. The van der Waals surface area contributed by atoms with Crippen LogP contribution in [-0.2, 0) is 14.0 Å². The van der Waals surface area contributed by atoms with Gasteiger partial charge in [-0.25, -0.2) is 14.8 Å². The Morgan fingerprint density at radius 1 is 1.21 bits per heavy atom. The van der Waals surface area contributed by atoms with E-state index in [1.54, 1.807) is 32.0 Å². The molecule has 2 aliphatic rings. The fourth-order valence-corrected chi connectivity index (χ4v) is 3.96. The summed E-state index contributed by atoms with van der Waals surface area (Å²) in [6.07, 6.45) is 5.21. The summed E-state index contributed by atoms with van der Waals surface area (Å²) >= 11 is 0. The standard InChI is InChI=1S/C23H35BN4O5/c1-14(25)17(13-31-21(30)28(7)16-10-8-9-11-16)19(29)20-26-12-18(15(2)27-20)24-32-22(3,4)23(5,6)33-24/h12,16H,8-11,13,25H2,1-7H3. The third-order valence-corrected chi connectivity index (χ3v) is 6.98. The molecule has 1 aliphatic carbocycles. The number of Topliss-reactive ketones (excluding diaryl/α,β-unsaturated/α-hetero) is 1. The highest BCUT2D eigenvalue weighted by Gasteiger charge is 2.52. The van der Waals surface area contributed by atoms with Crippen molar-refractivity contribution in [3.63, 3.8) is 0 Å². The molecular weight excluding hydrogens is 423 g/mol. The second-order valence-electron chi connectivity index (χ2n) is 9.92. The van der Waals surface area contributed by atoms with Crippen molar-refractivity contribution in [1.82, 2.24) is 14.9 Å². The van der Waals surface area contributed by atoms with E-state index >= 15 is 0 Å². The molecule has 180 valence electrons. The Bertz CT molecular complexity index is 936. The molecule has 33 heavy (non-hydrogen) atoms. The molecule has 1 saturated heterocycles. The minimum atomic E-state index is -0.627. The number of nitrogens with two attached hydrogens (primary N) is 1. The summed E-state index contributed by atoms with van der Waals surface area (Å²) in [5.74, 6) is -0.498. The summed E-state index contributed by atoms with van der Waals surface area (Å²) in [7, 11) is 1.09. The average Bonchev–Trinajstić information content (AvgIpc) is 3.33. The van der Waals surface area contributed by atoms with Crippen molar-refractivity contribution in [3.05, 3.63) is 29.0 Å². The lowest BCUT2D eigenvalue weighted by Crippen LogP contribution is -2.41. The van der Waals surface area contributed by atoms with E-state index in [0.717, 1.165) is 25.7 Å². The smallest absolute Gasteiger partial charge is 0.444 e. The van der Waals surface area contributed by atoms with Crippen molar-refractivity contribution in [1.29, 1.82) is 0 Å². The normalized spacial score (nSPS) is 20.5. The van der Waals surface area contributed by atoms with E-state index in [4.69, 9.17) is 19.8 Å². The summed E-state index contributed by atoms with van der Waals surface area (Å²) in [6, 6.07) is 0.174. The van der Waals surface area contributed by atoms with Crippen LogP contribution in [0.2, 0.25) is 0 Å². The predicted octanol–water partition coefficient (Wildman–Crippen LogP) is 2.51. The van der Waals surface area contributed by atoms with Crippen LogP contribution in [0.1, 0.15) is 76.6 Å².